The first-order chi connectivity index (χ1) is 11.8. The molecule has 0 aliphatic rings. The van der Waals surface area contributed by atoms with Crippen LogP contribution in [0, 0.1) is 0 Å². The van der Waals surface area contributed by atoms with Gasteiger partial charge in [-0.25, -0.2) is 8.42 Å². The number of nitrogens with one attached hydrogen (secondary N) is 1. The second kappa shape index (κ2) is 7.80. The molecule has 0 fully saturated rings. The van der Waals surface area contributed by atoms with Gasteiger partial charge in [-0.3, -0.25) is 4.79 Å². The van der Waals surface area contributed by atoms with E-state index < -0.39 is 21.0 Å². The molecular weight excluding hydrogens is 338 g/mol. The van der Waals surface area contributed by atoms with Crippen molar-refractivity contribution in [3.05, 3.63) is 59.7 Å². The number of hydrogen-bond acceptors (Lipinski definition) is 4. The zero-order valence-corrected chi connectivity index (χ0v) is 15.6. The fourth-order valence-electron chi connectivity index (χ4n) is 2.36. The fraction of sp³-hybridized carbons (Fsp3) is 0.316. The molecule has 0 spiro atoms. The van der Waals surface area contributed by atoms with Crippen molar-refractivity contribution in [2.45, 2.75) is 37.0 Å². The monoisotopic (exact) mass is 361 g/mol. The Bertz CT molecular complexity index is 859. The van der Waals surface area contributed by atoms with Gasteiger partial charge in [-0.1, -0.05) is 24.3 Å². The molecule has 1 atom stereocenters. The molecule has 0 aliphatic carbocycles. The van der Waals surface area contributed by atoms with Crippen molar-refractivity contribution in [2.24, 2.45) is 0 Å². The van der Waals surface area contributed by atoms with Gasteiger partial charge in [0.15, 0.2) is 9.84 Å². The lowest BCUT2D eigenvalue weighted by molar-refractivity contribution is 0.102. The van der Waals surface area contributed by atoms with Crippen molar-refractivity contribution >= 4 is 21.4 Å². The molecule has 2 aromatic rings. The summed E-state index contributed by atoms with van der Waals surface area (Å²) in [7, 11) is -1.94. The Balaban J connectivity index is 2.35. The van der Waals surface area contributed by atoms with Crippen LogP contribution in [0.4, 0.5) is 5.69 Å². The maximum absolute atomic E-state index is 12.6. The third-order valence-corrected chi connectivity index (χ3v) is 6.24. The highest BCUT2D eigenvalue weighted by molar-refractivity contribution is 7.92. The first kappa shape index (κ1) is 19.1. The van der Waals surface area contributed by atoms with Gasteiger partial charge in [-0.05, 0) is 50.6 Å². The van der Waals surface area contributed by atoms with E-state index >= 15 is 0 Å². The number of rotatable bonds is 6. The normalized spacial score (nSPS) is 12.8. The molecule has 2 aromatic carbocycles. The number of amides is 1. The maximum Gasteiger partial charge on any atom is 0.256 e. The number of carbonyl (C=O) groups excluding carboxylic acids is 1. The Kier molecular flexibility index (Phi) is 5.98. The summed E-state index contributed by atoms with van der Waals surface area (Å²) >= 11 is 0. The Hall–Kier alpha value is -2.18. The van der Waals surface area contributed by atoms with Gasteiger partial charge in [0.2, 0.25) is 0 Å². The quantitative estimate of drug-likeness (QED) is 0.849. The third kappa shape index (κ3) is 4.27. The minimum atomic E-state index is -3.55. The second-order valence-corrected chi connectivity index (χ2v) is 8.52. The van der Waals surface area contributed by atoms with Gasteiger partial charge < -0.3 is 10.1 Å². The van der Waals surface area contributed by atoms with Crippen LogP contribution < -0.4 is 5.32 Å². The molecular formula is C19H23NO4S. The zero-order chi connectivity index (χ0) is 18.6. The molecule has 0 aliphatic heterocycles. The third-order valence-electron chi connectivity index (χ3n) is 4.03. The van der Waals surface area contributed by atoms with E-state index in [1.807, 2.05) is 25.1 Å². The summed E-state index contributed by atoms with van der Waals surface area (Å²) in [5.74, 6) is -0.456. The molecule has 0 saturated heterocycles. The number of carbonyl (C=O) groups is 1. The number of ether oxygens (including phenoxy) is 1. The molecule has 25 heavy (non-hydrogen) atoms. The van der Waals surface area contributed by atoms with Crippen molar-refractivity contribution in [1.29, 1.82) is 0 Å². The van der Waals surface area contributed by atoms with Gasteiger partial charge in [-0.15, -0.1) is 0 Å². The summed E-state index contributed by atoms with van der Waals surface area (Å²) in [5, 5.41) is 2.17. The lowest BCUT2D eigenvalue weighted by Gasteiger charge is -2.14. The summed E-state index contributed by atoms with van der Waals surface area (Å²) in [5.41, 5.74) is 1.65. The number of sulfone groups is 1. The number of benzene rings is 2. The Labute approximate surface area is 148 Å². The smallest absolute Gasteiger partial charge is 0.256 e. The van der Waals surface area contributed by atoms with Gasteiger partial charge in [0, 0.05) is 12.8 Å². The molecule has 6 heteroatoms. The number of methoxy groups -OCH3 is 1. The van der Waals surface area contributed by atoms with Crippen LogP contribution in [0.2, 0.25) is 0 Å². The Morgan fingerprint density at radius 2 is 1.72 bits per heavy atom. The van der Waals surface area contributed by atoms with E-state index in [0.717, 1.165) is 5.56 Å². The Morgan fingerprint density at radius 1 is 1.04 bits per heavy atom. The van der Waals surface area contributed by atoms with Gasteiger partial charge in [-0.2, -0.15) is 0 Å². The first-order valence-electron chi connectivity index (χ1n) is 8.04. The molecule has 2 rings (SSSR count). The van der Waals surface area contributed by atoms with Crippen LogP contribution in [0.1, 0.15) is 42.8 Å². The highest BCUT2D eigenvalue weighted by atomic mass is 32.2. The molecule has 0 aromatic heterocycles. The largest absolute Gasteiger partial charge is 0.377 e. The van der Waals surface area contributed by atoms with Crippen LogP contribution in [-0.2, 0) is 14.6 Å². The molecule has 0 saturated carbocycles. The summed E-state index contributed by atoms with van der Waals surface area (Å²) in [6.45, 7) is 5.10. The number of hydrogen-bond donors (Lipinski definition) is 1. The topological polar surface area (TPSA) is 72.5 Å². The van der Waals surface area contributed by atoms with Crippen LogP contribution in [0.5, 0.6) is 0 Å². The van der Waals surface area contributed by atoms with E-state index in [1.54, 1.807) is 39.2 Å². The van der Waals surface area contributed by atoms with E-state index in [9.17, 15) is 13.2 Å². The number of anilines is 1. The van der Waals surface area contributed by atoms with Gasteiger partial charge in [0.25, 0.3) is 5.91 Å². The van der Waals surface area contributed by atoms with Crippen molar-refractivity contribution in [3.8, 4) is 0 Å². The van der Waals surface area contributed by atoms with E-state index in [-0.39, 0.29) is 16.6 Å². The molecule has 0 radical (unpaired) electrons. The summed E-state index contributed by atoms with van der Waals surface area (Å²) in [6, 6.07) is 13.5. The van der Waals surface area contributed by atoms with Crippen LogP contribution in [-0.4, -0.2) is 26.7 Å². The SMILES string of the molecule is COC(C)c1cccc(NC(=O)c2ccccc2S(=O)(=O)C(C)C)c1. The predicted octanol–water partition coefficient (Wildman–Crippen LogP) is 3.83. The molecule has 5 nitrogen and oxygen atoms in total. The summed E-state index contributed by atoms with van der Waals surface area (Å²) < 4.78 is 30.3. The average molecular weight is 361 g/mol. The second-order valence-electron chi connectivity index (χ2n) is 6.05. The molecule has 1 amide bonds. The van der Waals surface area contributed by atoms with E-state index in [1.165, 1.54) is 12.1 Å². The molecule has 0 bridgehead atoms. The average Bonchev–Trinajstić information content (AvgIpc) is 2.61. The Morgan fingerprint density at radius 3 is 2.36 bits per heavy atom. The van der Waals surface area contributed by atoms with E-state index in [2.05, 4.69) is 5.32 Å². The molecule has 1 unspecified atom stereocenters. The highest BCUT2D eigenvalue weighted by Gasteiger charge is 2.25. The lowest BCUT2D eigenvalue weighted by Crippen LogP contribution is -2.20. The standard InChI is InChI=1S/C19H23NO4S/c1-13(2)25(22,23)18-11-6-5-10-17(18)19(21)20-16-9-7-8-15(12-16)14(3)24-4/h5-14H,1-4H3,(H,20,21). The van der Waals surface area contributed by atoms with Crippen molar-refractivity contribution in [2.75, 3.05) is 12.4 Å². The van der Waals surface area contributed by atoms with Gasteiger partial charge in [0.05, 0.1) is 21.8 Å². The van der Waals surface area contributed by atoms with Crippen LogP contribution in [0.25, 0.3) is 0 Å². The van der Waals surface area contributed by atoms with Crippen molar-refractivity contribution in [3.63, 3.8) is 0 Å². The minimum Gasteiger partial charge on any atom is -0.377 e. The molecule has 134 valence electrons. The van der Waals surface area contributed by atoms with E-state index in [0.29, 0.717) is 5.69 Å². The lowest BCUT2D eigenvalue weighted by atomic mass is 10.1. The summed E-state index contributed by atoms with van der Waals surface area (Å²) in [6.07, 6.45) is -0.106. The maximum atomic E-state index is 12.6. The van der Waals surface area contributed by atoms with Gasteiger partial charge >= 0.3 is 0 Å². The van der Waals surface area contributed by atoms with E-state index in [4.69, 9.17) is 4.74 Å². The zero-order valence-electron chi connectivity index (χ0n) is 14.8. The fourth-order valence-corrected chi connectivity index (χ4v) is 3.60. The molecule has 0 heterocycles. The van der Waals surface area contributed by atoms with Gasteiger partial charge in [0.1, 0.15) is 0 Å². The first-order valence-corrected chi connectivity index (χ1v) is 9.59. The minimum absolute atomic E-state index is 0.0453. The highest BCUT2D eigenvalue weighted by Crippen LogP contribution is 2.23. The van der Waals surface area contributed by atoms with Crippen LogP contribution in [0.15, 0.2) is 53.4 Å². The summed E-state index contributed by atoms with van der Waals surface area (Å²) in [4.78, 5) is 12.7. The van der Waals surface area contributed by atoms with Crippen molar-refractivity contribution < 1.29 is 17.9 Å². The van der Waals surface area contributed by atoms with Crippen LogP contribution >= 0.6 is 0 Å². The van der Waals surface area contributed by atoms with Crippen LogP contribution in [0.3, 0.4) is 0 Å². The molecule has 1 N–H and O–H groups in total. The van der Waals surface area contributed by atoms with Crippen molar-refractivity contribution in [1.82, 2.24) is 0 Å². The predicted molar refractivity (Wildman–Crippen MR) is 98.6 cm³/mol.